The summed E-state index contributed by atoms with van der Waals surface area (Å²) in [6.45, 7) is 12.9. The lowest BCUT2D eigenvalue weighted by molar-refractivity contribution is -0.137. The van der Waals surface area contributed by atoms with E-state index in [1.54, 1.807) is 6.92 Å². The van der Waals surface area contributed by atoms with Crippen LogP contribution >= 0.6 is 0 Å². The Bertz CT molecular complexity index is 1070. The summed E-state index contributed by atoms with van der Waals surface area (Å²) in [4.78, 5) is 10.1. The van der Waals surface area contributed by atoms with Crippen molar-refractivity contribution in [3.05, 3.63) is 110 Å². The summed E-state index contributed by atoms with van der Waals surface area (Å²) in [7, 11) is 0. The highest BCUT2D eigenvalue weighted by Crippen LogP contribution is 2.28. The van der Waals surface area contributed by atoms with Gasteiger partial charge in [0.05, 0.1) is 17.6 Å². The van der Waals surface area contributed by atoms with Gasteiger partial charge in [-0.15, -0.1) is 0 Å². The number of fused-ring (bicyclic) bond motifs is 3. The predicted molar refractivity (Wildman–Crippen MR) is 129 cm³/mol. The van der Waals surface area contributed by atoms with E-state index in [0.717, 1.165) is 6.08 Å². The first-order chi connectivity index (χ1) is 14.7. The number of carbonyl (C=O) groups excluding carboxylic acids is 1. The number of esters is 1. The Morgan fingerprint density at radius 2 is 1.33 bits per heavy atom. The van der Waals surface area contributed by atoms with Crippen LogP contribution in [0, 0.1) is 0 Å². The van der Waals surface area contributed by atoms with Gasteiger partial charge in [-0.25, -0.2) is 4.79 Å². The zero-order valence-corrected chi connectivity index (χ0v) is 17.3. The van der Waals surface area contributed by atoms with Crippen molar-refractivity contribution in [2.24, 2.45) is 0 Å². The molecule has 3 nitrogen and oxygen atoms in total. The number of hydrogen-bond acceptors (Lipinski definition) is 2. The topological polar surface area (TPSA) is 31.2 Å². The minimum atomic E-state index is -0.359. The van der Waals surface area contributed by atoms with E-state index >= 15 is 0 Å². The van der Waals surface area contributed by atoms with E-state index in [4.69, 9.17) is 0 Å². The van der Waals surface area contributed by atoms with Gasteiger partial charge < -0.3 is 9.30 Å². The monoisotopic (exact) mass is 397 g/mol. The summed E-state index contributed by atoms with van der Waals surface area (Å²) in [6.07, 6.45) is 4.84. The smallest absolute Gasteiger partial charge is 0.330 e. The van der Waals surface area contributed by atoms with Crippen molar-refractivity contribution in [1.29, 1.82) is 0 Å². The fourth-order valence-electron chi connectivity index (χ4n) is 2.94. The van der Waals surface area contributed by atoms with Gasteiger partial charge >= 0.3 is 5.97 Å². The van der Waals surface area contributed by atoms with Gasteiger partial charge in [0.25, 0.3) is 0 Å². The summed E-state index contributed by atoms with van der Waals surface area (Å²) in [5.74, 6) is -0.359. The number of rotatable bonds is 4. The first kappa shape index (κ1) is 22.4. The van der Waals surface area contributed by atoms with Crippen LogP contribution in [0.2, 0.25) is 0 Å². The van der Waals surface area contributed by atoms with Crippen LogP contribution in [0.5, 0.6) is 0 Å². The molecule has 0 amide bonds. The van der Waals surface area contributed by atoms with Gasteiger partial charge in [0.1, 0.15) is 0 Å². The second-order valence-corrected chi connectivity index (χ2v) is 6.16. The average molecular weight is 398 g/mol. The molecule has 0 saturated heterocycles. The molecule has 0 saturated carbocycles. The minimum absolute atomic E-state index is 0.359. The van der Waals surface area contributed by atoms with E-state index in [-0.39, 0.29) is 5.97 Å². The fraction of sp³-hybridized carbons (Fsp3) is 0.0741. The van der Waals surface area contributed by atoms with Crippen molar-refractivity contribution in [3.63, 3.8) is 0 Å². The third-order valence-electron chi connectivity index (χ3n) is 4.29. The van der Waals surface area contributed by atoms with Crippen LogP contribution in [0.25, 0.3) is 34.1 Å². The number of benzene rings is 3. The quantitative estimate of drug-likeness (QED) is 0.275. The van der Waals surface area contributed by atoms with E-state index in [0.29, 0.717) is 6.61 Å². The Morgan fingerprint density at radius 3 is 1.70 bits per heavy atom. The molecule has 1 aromatic heterocycles. The first-order valence-electron chi connectivity index (χ1n) is 9.73. The third kappa shape index (κ3) is 5.82. The highest BCUT2D eigenvalue weighted by atomic mass is 16.5. The number of ether oxygens (including phenoxy) is 1. The molecule has 0 atom stereocenters. The molecule has 0 unspecified atom stereocenters. The molecule has 4 rings (SSSR count). The molecule has 1 heterocycles. The molecule has 0 aliphatic rings. The van der Waals surface area contributed by atoms with E-state index in [1.165, 1.54) is 27.4 Å². The summed E-state index contributed by atoms with van der Waals surface area (Å²) in [6, 6.07) is 26.8. The molecule has 0 spiro atoms. The molecule has 0 N–H and O–H groups in total. The van der Waals surface area contributed by atoms with Gasteiger partial charge in [0.15, 0.2) is 0 Å². The lowest BCUT2D eigenvalue weighted by Gasteiger charge is -1.97. The van der Waals surface area contributed by atoms with Crippen LogP contribution in [-0.4, -0.2) is 17.1 Å². The number of nitrogens with zero attached hydrogens (tertiary/aromatic N) is 1. The minimum Gasteiger partial charge on any atom is -0.463 e. The average Bonchev–Trinajstić information content (AvgIpc) is 3.14. The van der Waals surface area contributed by atoms with Gasteiger partial charge in [0, 0.05) is 23.0 Å². The normalized spacial score (nSPS) is 9.50. The van der Waals surface area contributed by atoms with Crippen LogP contribution in [-0.2, 0) is 9.53 Å². The Labute approximate surface area is 178 Å². The molecule has 0 radical (unpaired) electrons. The van der Waals surface area contributed by atoms with Crippen LogP contribution in [0.1, 0.15) is 12.5 Å². The summed E-state index contributed by atoms with van der Waals surface area (Å²) in [5, 5.41) is 2.57. The highest BCUT2D eigenvalue weighted by Gasteiger charge is 2.06. The summed E-state index contributed by atoms with van der Waals surface area (Å²) in [5.41, 5.74) is 3.61. The summed E-state index contributed by atoms with van der Waals surface area (Å²) >= 11 is 0. The Hall–Kier alpha value is -3.85. The van der Waals surface area contributed by atoms with Crippen molar-refractivity contribution in [3.8, 4) is 0 Å². The third-order valence-corrected chi connectivity index (χ3v) is 4.29. The molecule has 152 valence electrons. The van der Waals surface area contributed by atoms with Crippen molar-refractivity contribution in [2.75, 3.05) is 6.61 Å². The van der Waals surface area contributed by atoms with Crippen LogP contribution in [0.15, 0.2) is 105 Å². The predicted octanol–water partition coefficient (Wildman–Crippen LogP) is 6.96. The SMILES string of the molecule is C=CC(=O)OCC.C=Cc1ccccc1.C=Cn1c2ccccc2c2ccccc21. The number of para-hydroxylation sites is 2. The molecule has 3 heteroatoms. The molecule has 0 aliphatic heterocycles. The van der Waals surface area contributed by atoms with Crippen LogP contribution < -0.4 is 0 Å². The number of aromatic nitrogens is 1. The van der Waals surface area contributed by atoms with Gasteiger partial charge in [-0.3, -0.25) is 0 Å². The lowest BCUT2D eigenvalue weighted by atomic mass is 10.2. The summed E-state index contributed by atoms with van der Waals surface area (Å²) < 4.78 is 6.56. The standard InChI is InChI=1S/C14H11N.C8H8.C5H8O2/c1-2-15-13-9-5-3-7-11(13)12-8-4-6-10-14(12)15;1-2-8-6-4-3-5-7-8;1-3-5(6)7-4-2/h2-10H,1H2;2-7H,1H2;3H,1,4H2,2H3. The second kappa shape index (κ2) is 11.9. The lowest BCUT2D eigenvalue weighted by Crippen LogP contribution is -1.97. The zero-order valence-electron chi connectivity index (χ0n) is 17.3. The Kier molecular flexibility index (Phi) is 8.88. The van der Waals surface area contributed by atoms with E-state index in [1.807, 2.05) is 42.6 Å². The van der Waals surface area contributed by atoms with Crippen molar-refractivity contribution < 1.29 is 9.53 Å². The maximum absolute atomic E-state index is 10.1. The number of carbonyl (C=O) groups is 1. The molecule has 0 aliphatic carbocycles. The molecular weight excluding hydrogens is 370 g/mol. The van der Waals surface area contributed by atoms with Crippen molar-refractivity contribution >= 4 is 40.1 Å². The largest absolute Gasteiger partial charge is 0.463 e. The van der Waals surface area contributed by atoms with Crippen LogP contribution in [0.4, 0.5) is 0 Å². The molecule has 30 heavy (non-hydrogen) atoms. The number of hydrogen-bond donors (Lipinski definition) is 0. The van der Waals surface area contributed by atoms with Gasteiger partial charge in [-0.1, -0.05) is 92.5 Å². The maximum atomic E-state index is 10.1. The van der Waals surface area contributed by atoms with Crippen molar-refractivity contribution in [2.45, 2.75) is 6.92 Å². The van der Waals surface area contributed by atoms with Crippen LogP contribution in [0.3, 0.4) is 0 Å². The molecule has 4 aromatic rings. The zero-order chi connectivity index (χ0) is 21.8. The highest BCUT2D eigenvalue weighted by molar-refractivity contribution is 6.09. The molecule has 0 fully saturated rings. The van der Waals surface area contributed by atoms with E-state index in [9.17, 15) is 4.79 Å². The second-order valence-electron chi connectivity index (χ2n) is 6.16. The Balaban J connectivity index is 0.000000182. The first-order valence-corrected chi connectivity index (χ1v) is 9.73. The molecule has 3 aromatic carbocycles. The molecular formula is C27H27NO2. The fourth-order valence-corrected chi connectivity index (χ4v) is 2.94. The maximum Gasteiger partial charge on any atom is 0.330 e. The Morgan fingerprint density at radius 1 is 0.833 bits per heavy atom. The molecule has 0 bridgehead atoms. The van der Waals surface area contributed by atoms with E-state index < -0.39 is 0 Å². The van der Waals surface area contributed by atoms with Crippen molar-refractivity contribution in [1.82, 2.24) is 4.57 Å². The van der Waals surface area contributed by atoms with Gasteiger partial charge in [0.2, 0.25) is 0 Å². The van der Waals surface area contributed by atoms with Gasteiger partial charge in [-0.2, -0.15) is 0 Å². The van der Waals surface area contributed by atoms with Gasteiger partial charge in [-0.05, 0) is 24.6 Å². The van der Waals surface area contributed by atoms with E-state index in [2.05, 4.69) is 77.6 Å².